The number of fused-ring (bicyclic) bond motifs is 2. The molecular weight excluding hydrogens is 404 g/mol. The zero-order valence-electron chi connectivity index (χ0n) is 17.7. The number of aliphatic carboxylic acids is 2. The Bertz CT molecular complexity index is 1230. The van der Waals surface area contributed by atoms with Gasteiger partial charge in [-0.2, -0.15) is 0 Å². The first-order chi connectivity index (χ1) is 15.3. The molecule has 2 unspecified atom stereocenters. The molecule has 4 aromatic rings. The van der Waals surface area contributed by atoms with Crippen LogP contribution in [0.5, 0.6) is 0 Å². The maximum atomic E-state index is 10.8. The van der Waals surface area contributed by atoms with E-state index in [0.29, 0.717) is 6.42 Å². The molecule has 6 nitrogen and oxygen atoms in total. The van der Waals surface area contributed by atoms with Crippen molar-refractivity contribution >= 4 is 39.2 Å². The van der Waals surface area contributed by atoms with Crippen molar-refractivity contribution in [2.75, 3.05) is 5.32 Å². The third-order valence-corrected chi connectivity index (χ3v) is 5.12. The molecule has 32 heavy (non-hydrogen) atoms. The predicted octanol–water partition coefficient (Wildman–Crippen LogP) is 4.52. The molecule has 0 amide bonds. The van der Waals surface area contributed by atoms with Gasteiger partial charge in [0.05, 0.1) is 0 Å². The van der Waals surface area contributed by atoms with E-state index in [4.69, 9.17) is 15.9 Å². The van der Waals surface area contributed by atoms with Crippen molar-refractivity contribution in [1.29, 1.82) is 0 Å². The molecule has 0 aromatic heterocycles. The number of nitrogens with one attached hydrogen (secondary N) is 1. The van der Waals surface area contributed by atoms with E-state index in [9.17, 15) is 9.59 Å². The Balaban J connectivity index is 0.000000181. The van der Waals surface area contributed by atoms with Gasteiger partial charge in [-0.25, -0.2) is 0 Å². The molecule has 6 heteroatoms. The summed E-state index contributed by atoms with van der Waals surface area (Å²) >= 11 is 0. The molecule has 164 valence electrons. The Labute approximate surface area is 186 Å². The van der Waals surface area contributed by atoms with Crippen LogP contribution in [0.15, 0.2) is 84.9 Å². The fraction of sp³-hybridized carbons (Fsp3) is 0.154. The lowest BCUT2D eigenvalue weighted by Gasteiger charge is -2.12. The minimum absolute atomic E-state index is 0.361. The van der Waals surface area contributed by atoms with Crippen LogP contribution in [-0.2, 0) is 16.0 Å². The van der Waals surface area contributed by atoms with E-state index < -0.39 is 24.0 Å². The molecule has 0 saturated heterocycles. The van der Waals surface area contributed by atoms with Crippen LogP contribution in [-0.4, -0.2) is 34.2 Å². The molecular formula is C26H26N2O4. The molecule has 0 radical (unpaired) electrons. The van der Waals surface area contributed by atoms with Gasteiger partial charge in [0, 0.05) is 11.1 Å². The average Bonchev–Trinajstić information content (AvgIpc) is 2.79. The van der Waals surface area contributed by atoms with Gasteiger partial charge in [0.2, 0.25) is 0 Å². The molecule has 0 heterocycles. The van der Waals surface area contributed by atoms with Crippen LogP contribution in [0, 0.1) is 0 Å². The summed E-state index contributed by atoms with van der Waals surface area (Å²) in [6, 6.07) is 26.1. The normalized spacial score (nSPS) is 12.4. The first kappa shape index (κ1) is 22.8. The highest BCUT2D eigenvalue weighted by molar-refractivity contribution is 5.95. The second-order valence-electron chi connectivity index (χ2n) is 7.56. The molecule has 4 rings (SSSR count). The van der Waals surface area contributed by atoms with E-state index in [0.717, 1.165) is 32.8 Å². The van der Waals surface area contributed by atoms with E-state index in [1.54, 1.807) is 6.92 Å². The molecule has 0 fully saturated rings. The Morgan fingerprint density at radius 2 is 1.44 bits per heavy atom. The van der Waals surface area contributed by atoms with Gasteiger partial charge in [-0.1, -0.05) is 78.9 Å². The first-order valence-corrected chi connectivity index (χ1v) is 10.3. The molecule has 2 atom stereocenters. The van der Waals surface area contributed by atoms with E-state index in [1.807, 2.05) is 84.9 Å². The smallest absolute Gasteiger partial charge is 0.325 e. The zero-order chi connectivity index (χ0) is 23.1. The van der Waals surface area contributed by atoms with Gasteiger partial charge < -0.3 is 21.3 Å². The van der Waals surface area contributed by atoms with E-state index in [1.165, 1.54) is 0 Å². The summed E-state index contributed by atoms with van der Waals surface area (Å²) in [7, 11) is 0. The van der Waals surface area contributed by atoms with Crippen LogP contribution in [0.2, 0.25) is 0 Å². The van der Waals surface area contributed by atoms with Crippen LogP contribution in [0.25, 0.3) is 21.5 Å². The highest BCUT2D eigenvalue weighted by Gasteiger charge is 2.12. The van der Waals surface area contributed by atoms with Crippen molar-refractivity contribution in [2.24, 2.45) is 5.73 Å². The highest BCUT2D eigenvalue weighted by atomic mass is 16.4. The van der Waals surface area contributed by atoms with Gasteiger partial charge in [-0.3, -0.25) is 9.59 Å². The van der Waals surface area contributed by atoms with E-state index in [2.05, 4.69) is 5.32 Å². The van der Waals surface area contributed by atoms with Crippen LogP contribution in [0.3, 0.4) is 0 Å². The molecule has 0 bridgehead atoms. The number of nitrogens with two attached hydrogens (primary N) is 1. The number of rotatable bonds is 6. The Kier molecular flexibility index (Phi) is 7.41. The Morgan fingerprint density at radius 1 is 0.812 bits per heavy atom. The lowest BCUT2D eigenvalue weighted by atomic mass is 10.0. The lowest BCUT2D eigenvalue weighted by Crippen LogP contribution is -2.32. The summed E-state index contributed by atoms with van der Waals surface area (Å²) in [4.78, 5) is 21.4. The van der Waals surface area contributed by atoms with E-state index in [-0.39, 0.29) is 0 Å². The number of hydrogen-bond donors (Lipinski definition) is 4. The number of anilines is 1. The predicted molar refractivity (Wildman–Crippen MR) is 128 cm³/mol. The van der Waals surface area contributed by atoms with Gasteiger partial charge in [0.15, 0.2) is 0 Å². The molecule has 0 aliphatic heterocycles. The Hall–Kier alpha value is -3.90. The van der Waals surface area contributed by atoms with Gasteiger partial charge in [0.1, 0.15) is 12.1 Å². The zero-order valence-corrected chi connectivity index (χ0v) is 17.7. The average molecular weight is 431 g/mol. The van der Waals surface area contributed by atoms with Crippen molar-refractivity contribution in [1.82, 2.24) is 0 Å². The van der Waals surface area contributed by atoms with E-state index >= 15 is 0 Å². The third-order valence-electron chi connectivity index (χ3n) is 5.12. The van der Waals surface area contributed by atoms with Crippen molar-refractivity contribution < 1.29 is 19.8 Å². The molecule has 5 N–H and O–H groups in total. The number of benzene rings is 4. The minimum atomic E-state index is -0.965. The summed E-state index contributed by atoms with van der Waals surface area (Å²) in [5.74, 6) is -1.82. The Morgan fingerprint density at radius 3 is 2.12 bits per heavy atom. The van der Waals surface area contributed by atoms with Gasteiger partial charge in [-0.05, 0) is 41.1 Å². The minimum Gasteiger partial charge on any atom is -0.480 e. The summed E-state index contributed by atoms with van der Waals surface area (Å²) in [6.07, 6.45) is 0.361. The molecule has 0 spiro atoms. The molecule has 0 aliphatic rings. The fourth-order valence-electron chi connectivity index (χ4n) is 3.35. The van der Waals surface area contributed by atoms with Crippen LogP contribution < -0.4 is 11.1 Å². The number of hydrogen-bond acceptors (Lipinski definition) is 4. The molecule has 0 aliphatic carbocycles. The number of carbonyl (C=O) groups is 2. The largest absolute Gasteiger partial charge is 0.480 e. The summed E-state index contributed by atoms with van der Waals surface area (Å²) < 4.78 is 0. The van der Waals surface area contributed by atoms with Crippen molar-refractivity contribution in [3.05, 3.63) is 90.5 Å². The van der Waals surface area contributed by atoms with Crippen molar-refractivity contribution in [3.63, 3.8) is 0 Å². The summed E-state index contributed by atoms with van der Waals surface area (Å²) in [5.41, 5.74) is 7.30. The van der Waals surface area contributed by atoms with Crippen molar-refractivity contribution in [2.45, 2.75) is 25.4 Å². The van der Waals surface area contributed by atoms with Gasteiger partial charge in [0.25, 0.3) is 0 Å². The third kappa shape index (κ3) is 5.83. The number of carboxylic acid groups (broad SMARTS) is 2. The highest BCUT2D eigenvalue weighted by Crippen LogP contribution is 2.23. The van der Waals surface area contributed by atoms with Crippen LogP contribution in [0.1, 0.15) is 12.5 Å². The van der Waals surface area contributed by atoms with Crippen LogP contribution in [0.4, 0.5) is 5.69 Å². The maximum absolute atomic E-state index is 10.8. The maximum Gasteiger partial charge on any atom is 0.325 e. The summed E-state index contributed by atoms with van der Waals surface area (Å²) in [6.45, 7) is 1.63. The fourth-order valence-corrected chi connectivity index (χ4v) is 3.35. The monoisotopic (exact) mass is 430 g/mol. The van der Waals surface area contributed by atoms with Gasteiger partial charge in [-0.15, -0.1) is 0 Å². The standard InChI is InChI=1S/2C13H13NO2/c1-9(13(15)16)14-12-8-4-6-10-5-2-3-7-11(10)12;14-12(13(15)16)8-9-5-6-10-3-1-2-4-11(10)7-9/h2-9,14H,1H3,(H,15,16);1-7,12H,8,14H2,(H,15,16). The second-order valence-corrected chi connectivity index (χ2v) is 7.56. The second kappa shape index (κ2) is 10.4. The van der Waals surface area contributed by atoms with Gasteiger partial charge >= 0.3 is 11.9 Å². The molecule has 4 aromatic carbocycles. The van der Waals surface area contributed by atoms with Crippen molar-refractivity contribution in [3.8, 4) is 0 Å². The summed E-state index contributed by atoms with van der Waals surface area (Å²) in [5, 5.41) is 25.0. The topological polar surface area (TPSA) is 113 Å². The van der Waals surface area contributed by atoms with Crippen LogP contribution >= 0.6 is 0 Å². The lowest BCUT2D eigenvalue weighted by molar-refractivity contribution is -0.139. The SMILES string of the molecule is CC(Nc1cccc2ccccc12)C(=O)O.NC(Cc1ccc2ccccc2c1)C(=O)O. The quantitative estimate of drug-likeness (QED) is 0.358. The number of carboxylic acids is 2. The first-order valence-electron chi connectivity index (χ1n) is 10.3. The molecule has 0 saturated carbocycles.